The molecule has 1 unspecified atom stereocenters. The van der Waals surface area contributed by atoms with Crippen LogP contribution in [0.15, 0.2) is 47.8 Å². The van der Waals surface area contributed by atoms with Crippen LogP contribution in [-0.4, -0.2) is 24.4 Å². The minimum atomic E-state index is -0.527. The Morgan fingerprint density at radius 1 is 1.12 bits per heavy atom. The Labute approximate surface area is 152 Å². The van der Waals surface area contributed by atoms with Crippen LogP contribution in [0.3, 0.4) is 0 Å². The van der Waals surface area contributed by atoms with Gasteiger partial charge in [0, 0.05) is 12.0 Å². The van der Waals surface area contributed by atoms with Gasteiger partial charge in [0.05, 0.1) is 4.88 Å². The van der Waals surface area contributed by atoms with Crippen molar-refractivity contribution in [3.8, 4) is 0 Å². The zero-order chi connectivity index (χ0) is 17.9. The maximum absolute atomic E-state index is 12.7. The lowest BCUT2D eigenvalue weighted by molar-refractivity contribution is -0.124. The second-order valence-corrected chi connectivity index (χ2v) is 7.98. The molecule has 0 bridgehead atoms. The third kappa shape index (κ3) is 4.10. The molecule has 2 aromatic rings. The van der Waals surface area contributed by atoms with Crippen molar-refractivity contribution in [1.29, 1.82) is 0 Å². The number of hydrogen-bond acceptors (Lipinski definition) is 3. The standard InChI is InChI=1S/C20H24N2O2S/c1-14(2)17(22-18(23)16-9-6-12-25-16)19(24)21-13-20(10-11-20)15-7-4-3-5-8-15/h3-9,12,14,17H,10-11,13H2,1-2H3,(H,21,24)(H,22,23). The molecule has 1 aliphatic rings. The van der Waals surface area contributed by atoms with Crippen molar-refractivity contribution in [2.75, 3.05) is 6.54 Å². The number of carbonyl (C=O) groups is 2. The zero-order valence-corrected chi connectivity index (χ0v) is 15.4. The predicted molar refractivity (Wildman–Crippen MR) is 101 cm³/mol. The smallest absolute Gasteiger partial charge is 0.262 e. The van der Waals surface area contributed by atoms with E-state index >= 15 is 0 Å². The van der Waals surface area contributed by atoms with Crippen molar-refractivity contribution in [3.63, 3.8) is 0 Å². The van der Waals surface area contributed by atoms with Crippen LogP contribution in [-0.2, 0) is 10.2 Å². The van der Waals surface area contributed by atoms with Gasteiger partial charge in [0.15, 0.2) is 0 Å². The largest absolute Gasteiger partial charge is 0.353 e. The number of hydrogen-bond donors (Lipinski definition) is 2. The van der Waals surface area contributed by atoms with Crippen LogP contribution < -0.4 is 10.6 Å². The van der Waals surface area contributed by atoms with E-state index in [1.165, 1.54) is 16.9 Å². The van der Waals surface area contributed by atoms with Crippen molar-refractivity contribution in [3.05, 3.63) is 58.3 Å². The predicted octanol–water partition coefficient (Wildman–Crippen LogP) is 3.35. The molecule has 2 N–H and O–H groups in total. The number of thiophene rings is 1. The molecule has 1 aliphatic carbocycles. The van der Waals surface area contributed by atoms with Crippen LogP contribution >= 0.6 is 11.3 Å². The fourth-order valence-corrected chi connectivity index (χ4v) is 3.66. The Balaban J connectivity index is 1.61. The van der Waals surface area contributed by atoms with E-state index in [-0.39, 0.29) is 23.1 Å². The topological polar surface area (TPSA) is 58.2 Å². The average molecular weight is 356 g/mol. The van der Waals surface area contributed by atoms with Gasteiger partial charge in [-0.2, -0.15) is 0 Å². The monoisotopic (exact) mass is 356 g/mol. The fourth-order valence-electron chi connectivity index (χ4n) is 3.03. The Morgan fingerprint density at radius 3 is 2.40 bits per heavy atom. The molecule has 0 radical (unpaired) electrons. The number of benzene rings is 1. The van der Waals surface area contributed by atoms with Crippen molar-refractivity contribution in [1.82, 2.24) is 10.6 Å². The molecule has 1 fully saturated rings. The first-order valence-corrected chi connectivity index (χ1v) is 9.57. The summed E-state index contributed by atoms with van der Waals surface area (Å²) in [4.78, 5) is 25.6. The van der Waals surface area contributed by atoms with Crippen LogP contribution in [0.2, 0.25) is 0 Å². The summed E-state index contributed by atoms with van der Waals surface area (Å²) in [6.45, 7) is 4.51. The number of rotatable bonds is 7. The number of nitrogens with one attached hydrogen (secondary N) is 2. The molecule has 3 rings (SSSR count). The molecule has 1 aromatic heterocycles. The quantitative estimate of drug-likeness (QED) is 0.799. The van der Waals surface area contributed by atoms with Crippen molar-refractivity contribution < 1.29 is 9.59 Å². The molecule has 4 nitrogen and oxygen atoms in total. The zero-order valence-electron chi connectivity index (χ0n) is 14.6. The van der Waals surface area contributed by atoms with Crippen LogP contribution in [0.4, 0.5) is 0 Å². The third-order valence-corrected chi connectivity index (χ3v) is 5.69. The van der Waals surface area contributed by atoms with Gasteiger partial charge in [0.2, 0.25) is 5.91 Å². The van der Waals surface area contributed by atoms with Crippen LogP contribution in [0, 0.1) is 5.92 Å². The Bertz CT molecular complexity index is 721. The molecule has 132 valence electrons. The van der Waals surface area contributed by atoms with Gasteiger partial charge in [-0.1, -0.05) is 50.2 Å². The van der Waals surface area contributed by atoms with E-state index in [2.05, 4.69) is 22.8 Å². The van der Waals surface area contributed by atoms with Crippen molar-refractivity contribution >= 4 is 23.2 Å². The van der Waals surface area contributed by atoms with E-state index in [4.69, 9.17) is 0 Å². The first-order valence-electron chi connectivity index (χ1n) is 8.69. The molecular formula is C20H24N2O2S. The summed E-state index contributed by atoms with van der Waals surface area (Å²) in [7, 11) is 0. The second-order valence-electron chi connectivity index (χ2n) is 7.04. The maximum atomic E-state index is 12.7. The first kappa shape index (κ1) is 17.7. The van der Waals surface area contributed by atoms with Gasteiger partial charge in [-0.15, -0.1) is 11.3 Å². The van der Waals surface area contributed by atoms with Gasteiger partial charge in [0.25, 0.3) is 5.91 Å². The second kappa shape index (κ2) is 7.40. The molecule has 0 aliphatic heterocycles. The Morgan fingerprint density at radius 2 is 1.84 bits per heavy atom. The molecule has 0 spiro atoms. The molecule has 25 heavy (non-hydrogen) atoms. The molecule has 1 aromatic carbocycles. The van der Waals surface area contributed by atoms with Gasteiger partial charge in [0.1, 0.15) is 6.04 Å². The van der Waals surface area contributed by atoms with Gasteiger partial charge in [-0.25, -0.2) is 0 Å². The van der Waals surface area contributed by atoms with Crippen molar-refractivity contribution in [2.45, 2.75) is 38.1 Å². The van der Waals surface area contributed by atoms with Crippen molar-refractivity contribution in [2.24, 2.45) is 5.92 Å². The van der Waals surface area contributed by atoms with Gasteiger partial charge in [-0.3, -0.25) is 9.59 Å². The lowest BCUT2D eigenvalue weighted by Crippen LogP contribution is -2.50. The number of amides is 2. The highest BCUT2D eigenvalue weighted by Gasteiger charge is 2.44. The lowest BCUT2D eigenvalue weighted by atomic mass is 9.95. The molecule has 1 saturated carbocycles. The molecule has 1 atom stereocenters. The fraction of sp³-hybridized carbons (Fsp3) is 0.400. The lowest BCUT2D eigenvalue weighted by Gasteiger charge is -2.23. The Hall–Kier alpha value is -2.14. The third-order valence-electron chi connectivity index (χ3n) is 4.82. The van der Waals surface area contributed by atoms with Gasteiger partial charge >= 0.3 is 0 Å². The maximum Gasteiger partial charge on any atom is 0.262 e. The van der Waals surface area contributed by atoms with E-state index in [1.807, 2.05) is 43.5 Å². The van der Waals surface area contributed by atoms with Crippen LogP contribution in [0.1, 0.15) is 41.9 Å². The van der Waals surface area contributed by atoms with Gasteiger partial charge < -0.3 is 10.6 Å². The highest BCUT2D eigenvalue weighted by molar-refractivity contribution is 7.12. The number of carbonyl (C=O) groups excluding carboxylic acids is 2. The van der Waals surface area contributed by atoms with E-state index in [9.17, 15) is 9.59 Å². The van der Waals surface area contributed by atoms with Gasteiger partial charge in [-0.05, 0) is 35.8 Å². The molecule has 5 heteroatoms. The minimum absolute atomic E-state index is 0.0239. The summed E-state index contributed by atoms with van der Waals surface area (Å²) >= 11 is 1.38. The summed E-state index contributed by atoms with van der Waals surface area (Å²) in [5.74, 6) is -0.272. The summed E-state index contributed by atoms with van der Waals surface area (Å²) in [6, 6.07) is 13.4. The van der Waals surface area contributed by atoms with E-state index < -0.39 is 6.04 Å². The molecular weight excluding hydrogens is 332 g/mol. The summed E-state index contributed by atoms with van der Waals surface area (Å²) < 4.78 is 0. The molecule has 2 amide bonds. The minimum Gasteiger partial charge on any atom is -0.353 e. The summed E-state index contributed by atoms with van der Waals surface area (Å²) in [5.41, 5.74) is 1.34. The van der Waals surface area contributed by atoms with Crippen LogP contribution in [0.25, 0.3) is 0 Å². The average Bonchev–Trinajstić information content (AvgIpc) is 3.21. The van der Waals surface area contributed by atoms with E-state index in [0.717, 1.165) is 12.8 Å². The first-order chi connectivity index (χ1) is 12.0. The summed E-state index contributed by atoms with van der Waals surface area (Å²) in [5, 5.41) is 7.80. The summed E-state index contributed by atoms with van der Waals surface area (Å²) in [6.07, 6.45) is 2.18. The molecule has 1 heterocycles. The van der Waals surface area contributed by atoms with E-state index in [1.54, 1.807) is 6.07 Å². The van der Waals surface area contributed by atoms with Crippen LogP contribution in [0.5, 0.6) is 0 Å². The SMILES string of the molecule is CC(C)C(NC(=O)c1cccs1)C(=O)NCC1(c2ccccc2)CC1. The van der Waals surface area contributed by atoms with E-state index in [0.29, 0.717) is 11.4 Å². The normalized spacial score (nSPS) is 16.3. The Kier molecular flexibility index (Phi) is 5.23. The highest BCUT2D eigenvalue weighted by Crippen LogP contribution is 2.47. The molecule has 0 saturated heterocycles. The highest BCUT2D eigenvalue weighted by atomic mass is 32.1.